The highest BCUT2D eigenvalue weighted by molar-refractivity contribution is 7.99. The first-order valence-electron chi connectivity index (χ1n) is 8.42. The van der Waals surface area contributed by atoms with Crippen molar-refractivity contribution < 1.29 is 27.4 Å². The Bertz CT molecular complexity index is 805. The Morgan fingerprint density at radius 3 is 2.50 bits per heavy atom. The van der Waals surface area contributed by atoms with Crippen molar-refractivity contribution in [1.29, 1.82) is 0 Å². The smallest absolute Gasteiger partial charge is 0.406 e. The number of ether oxygens (including phenoxy) is 2. The van der Waals surface area contributed by atoms with Gasteiger partial charge in [-0.15, -0.1) is 18.3 Å². The lowest BCUT2D eigenvalue weighted by atomic mass is 10.2. The molecule has 152 valence electrons. The minimum Gasteiger partial charge on any atom is -0.406 e. The van der Waals surface area contributed by atoms with Crippen molar-refractivity contribution in [3.63, 3.8) is 0 Å². The van der Waals surface area contributed by atoms with Crippen LogP contribution >= 0.6 is 11.8 Å². The fraction of sp³-hybridized carbons (Fsp3) is 0.500. The molecule has 1 aromatic heterocycles. The van der Waals surface area contributed by atoms with E-state index in [1.165, 1.54) is 28.9 Å². The summed E-state index contributed by atoms with van der Waals surface area (Å²) in [5.74, 6) is -0.269. The van der Waals surface area contributed by atoms with Crippen LogP contribution < -0.4 is 4.74 Å². The molecule has 0 unspecified atom stereocenters. The molecule has 0 radical (unpaired) electrons. The van der Waals surface area contributed by atoms with Crippen LogP contribution in [-0.2, 0) is 9.53 Å². The van der Waals surface area contributed by atoms with E-state index in [-0.39, 0.29) is 29.6 Å². The molecule has 0 N–H and O–H groups in total. The van der Waals surface area contributed by atoms with E-state index in [2.05, 4.69) is 20.3 Å². The molecule has 1 aliphatic rings. The van der Waals surface area contributed by atoms with Gasteiger partial charge in [0.25, 0.3) is 0 Å². The second-order valence-corrected chi connectivity index (χ2v) is 7.20. The number of hydrogen-bond donors (Lipinski definition) is 0. The maximum Gasteiger partial charge on any atom is 0.573 e. The van der Waals surface area contributed by atoms with Gasteiger partial charge in [0, 0.05) is 13.1 Å². The number of benzene rings is 1. The van der Waals surface area contributed by atoms with Crippen molar-refractivity contribution in [2.45, 2.75) is 37.6 Å². The minimum absolute atomic E-state index is 0.0274. The van der Waals surface area contributed by atoms with Gasteiger partial charge >= 0.3 is 6.36 Å². The largest absolute Gasteiger partial charge is 0.573 e. The zero-order chi connectivity index (χ0) is 20.3. The van der Waals surface area contributed by atoms with Crippen molar-refractivity contribution in [2.24, 2.45) is 0 Å². The third-order valence-electron chi connectivity index (χ3n) is 3.85. The standard InChI is InChI=1S/C16H18F3N5O3S/c1-10-7-23(8-11(2)26-10)14(25)9-28-15-20-21-22-24(15)12-3-5-13(6-4-12)27-16(17,18)19/h3-6,10-11H,7-9H2,1-2H3/t10-,11-/m0/s1. The Balaban J connectivity index is 1.63. The van der Waals surface area contributed by atoms with Gasteiger partial charge in [0.05, 0.1) is 23.6 Å². The summed E-state index contributed by atoms with van der Waals surface area (Å²) in [6.07, 6.45) is -4.81. The Hall–Kier alpha value is -2.34. The van der Waals surface area contributed by atoms with E-state index in [1.807, 2.05) is 13.8 Å². The van der Waals surface area contributed by atoms with Gasteiger partial charge in [-0.2, -0.15) is 4.68 Å². The highest BCUT2D eigenvalue weighted by atomic mass is 32.2. The molecule has 1 aliphatic heterocycles. The predicted octanol–water partition coefficient (Wildman–Crippen LogP) is 2.29. The van der Waals surface area contributed by atoms with E-state index in [4.69, 9.17) is 4.74 Å². The van der Waals surface area contributed by atoms with Gasteiger partial charge in [0.15, 0.2) is 0 Å². The molecule has 12 heteroatoms. The molecule has 3 rings (SSSR count). The summed E-state index contributed by atoms with van der Waals surface area (Å²) >= 11 is 1.15. The number of hydrogen-bond acceptors (Lipinski definition) is 7. The topological polar surface area (TPSA) is 82.4 Å². The average Bonchev–Trinajstić information content (AvgIpc) is 3.06. The average molecular weight is 417 g/mol. The summed E-state index contributed by atoms with van der Waals surface area (Å²) < 4.78 is 47.6. The summed E-state index contributed by atoms with van der Waals surface area (Å²) in [7, 11) is 0. The molecular formula is C16H18F3N5O3S. The Labute approximate surface area is 163 Å². The number of amides is 1. The van der Waals surface area contributed by atoms with E-state index < -0.39 is 6.36 Å². The van der Waals surface area contributed by atoms with Crippen molar-refractivity contribution >= 4 is 17.7 Å². The van der Waals surface area contributed by atoms with Crippen LogP contribution in [0.2, 0.25) is 0 Å². The van der Waals surface area contributed by atoms with Crippen LogP contribution in [0, 0.1) is 0 Å². The van der Waals surface area contributed by atoms with E-state index in [0.29, 0.717) is 23.9 Å². The first kappa shape index (κ1) is 20.4. The monoisotopic (exact) mass is 417 g/mol. The van der Waals surface area contributed by atoms with Crippen LogP contribution in [0.5, 0.6) is 5.75 Å². The Morgan fingerprint density at radius 2 is 1.89 bits per heavy atom. The fourth-order valence-electron chi connectivity index (χ4n) is 2.82. The molecule has 0 aliphatic carbocycles. The Morgan fingerprint density at radius 1 is 1.25 bits per heavy atom. The molecule has 2 heterocycles. The van der Waals surface area contributed by atoms with Crippen molar-refractivity contribution in [2.75, 3.05) is 18.8 Å². The zero-order valence-electron chi connectivity index (χ0n) is 15.1. The normalized spacial score (nSPS) is 20.2. The van der Waals surface area contributed by atoms with Crippen LogP contribution in [-0.4, -0.2) is 68.4 Å². The second kappa shape index (κ2) is 8.35. The maximum atomic E-state index is 12.5. The Kier molecular flexibility index (Phi) is 6.08. The molecule has 2 atom stereocenters. The van der Waals surface area contributed by atoms with E-state index in [0.717, 1.165) is 11.8 Å². The highest BCUT2D eigenvalue weighted by Crippen LogP contribution is 2.25. The number of rotatable bonds is 5. The summed E-state index contributed by atoms with van der Waals surface area (Å²) in [5.41, 5.74) is 0.447. The van der Waals surface area contributed by atoms with Gasteiger partial charge in [-0.05, 0) is 48.5 Å². The third-order valence-corrected chi connectivity index (χ3v) is 4.76. The summed E-state index contributed by atoms with van der Waals surface area (Å²) in [6.45, 7) is 4.87. The molecule has 2 aromatic rings. The highest BCUT2D eigenvalue weighted by Gasteiger charge is 2.31. The van der Waals surface area contributed by atoms with Crippen molar-refractivity contribution in [3.05, 3.63) is 24.3 Å². The number of aromatic nitrogens is 4. The number of tetrazole rings is 1. The maximum absolute atomic E-state index is 12.5. The first-order valence-corrected chi connectivity index (χ1v) is 9.40. The van der Waals surface area contributed by atoms with E-state index in [1.54, 1.807) is 4.90 Å². The number of alkyl halides is 3. The second-order valence-electron chi connectivity index (χ2n) is 6.26. The number of morpholine rings is 1. The number of halogens is 3. The van der Waals surface area contributed by atoms with E-state index >= 15 is 0 Å². The molecule has 1 fully saturated rings. The van der Waals surface area contributed by atoms with Crippen LogP contribution in [0.15, 0.2) is 29.4 Å². The van der Waals surface area contributed by atoms with Crippen LogP contribution in [0.4, 0.5) is 13.2 Å². The van der Waals surface area contributed by atoms with Crippen molar-refractivity contribution in [1.82, 2.24) is 25.1 Å². The fourth-order valence-corrected chi connectivity index (χ4v) is 3.61. The molecule has 8 nitrogen and oxygen atoms in total. The molecule has 1 amide bonds. The third kappa shape index (κ3) is 5.35. The van der Waals surface area contributed by atoms with Crippen LogP contribution in [0.25, 0.3) is 5.69 Å². The molecular weight excluding hydrogens is 399 g/mol. The molecule has 0 bridgehead atoms. The van der Waals surface area contributed by atoms with Crippen LogP contribution in [0.3, 0.4) is 0 Å². The molecule has 0 saturated carbocycles. The first-order chi connectivity index (χ1) is 13.2. The number of thioether (sulfide) groups is 1. The van der Waals surface area contributed by atoms with Gasteiger partial charge in [-0.25, -0.2) is 0 Å². The van der Waals surface area contributed by atoms with Crippen molar-refractivity contribution in [3.8, 4) is 11.4 Å². The van der Waals surface area contributed by atoms with E-state index in [9.17, 15) is 18.0 Å². The minimum atomic E-state index is -4.76. The lowest BCUT2D eigenvalue weighted by molar-refractivity contribution is -0.274. The molecule has 0 spiro atoms. The van der Waals surface area contributed by atoms with Gasteiger partial charge < -0.3 is 14.4 Å². The molecule has 28 heavy (non-hydrogen) atoms. The molecule has 1 saturated heterocycles. The van der Waals surface area contributed by atoms with Gasteiger partial charge in [0.1, 0.15) is 5.75 Å². The lowest BCUT2D eigenvalue weighted by Crippen LogP contribution is -2.48. The number of carbonyl (C=O) groups is 1. The van der Waals surface area contributed by atoms with Crippen LogP contribution in [0.1, 0.15) is 13.8 Å². The summed E-state index contributed by atoms with van der Waals surface area (Å²) in [4.78, 5) is 14.2. The van der Waals surface area contributed by atoms with Gasteiger partial charge in [-0.3, -0.25) is 4.79 Å². The molecule has 1 aromatic carbocycles. The quantitative estimate of drug-likeness (QED) is 0.691. The van der Waals surface area contributed by atoms with Gasteiger partial charge in [0.2, 0.25) is 11.1 Å². The SMILES string of the molecule is C[C@H]1CN(C(=O)CSc2nnnn2-c2ccc(OC(F)(F)F)cc2)C[C@H](C)O1. The van der Waals surface area contributed by atoms with Gasteiger partial charge in [-0.1, -0.05) is 11.8 Å². The predicted molar refractivity (Wildman–Crippen MR) is 93.2 cm³/mol. The number of nitrogens with zero attached hydrogens (tertiary/aromatic N) is 5. The summed E-state index contributed by atoms with van der Waals surface area (Å²) in [6, 6.07) is 5.13. The summed E-state index contributed by atoms with van der Waals surface area (Å²) in [5, 5.41) is 11.6. The zero-order valence-corrected chi connectivity index (χ0v) is 15.9. The lowest BCUT2D eigenvalue weighted by Gasteiger charge is -2.35. The number of carbonyl (C=O) groups excluding carboxylic acids is 1.